The van der Waals surface area contributed by atoms with Crippen LogP contribution in [0.1, 0.15) is 36.7 Å². The predicted octanol–water partition coefficient (Wildman–Crippen LogP) is 4.94. The van der Waals surface area contributed by atoms with Crippen molar-refractivity contribution < 1.29 is 23.8 Å². The van der Waals surface area contributed by atoms with Gasteiger partial charge in [0.25, 0.3) is 0 Å². The fourth-order valence-electron chi connectivity index (χ4n) is 3.18. The van der Waals surface area contributed by atoms with Gasteiger partial charge in [-0.05, 0) is 56.2 Å². The first-order valence-corrected chi connectivity index (χ1v) is 11.0. The van der Waals surface area contributed by atoms with Gasteiger partial charge in [0.1, 0.15) is 30.3 Å². The summed E-state index contributed by atoms with van der Waals surface area (Å²) in [5, 5.41) is 2.64. The normalized spacial score (nSPS) is 10.9. The Morgan fingerprint density at radius 1 is 0.912 bits per heavy atom. The van der Waals surface area contributed by atoms with Crippen LogP contribution in [0.15, 0.2) is 72.8 Å². The van der Waals surface area contributed by atoms with Crippen molar-refractivity contribution in [2.24, 2.45) is 5.73 Å². The van der Waals surface area contributed by atoms with Crippen molar-refractivity contribution in [1.82, 2.24) is 5.32 Å². The van der Waals surface area contributed by atoms with Crippen molar-refractivity contribution in [2.75, 3.05) is 13.2 Å². The lowest BCUT2D eigenvalue weighted by atomic mass is 10.0. The first-order valence-electron chi connectivity index (χ1n) is 11.0. The van der Waals surface area contributed by atoms with Crippen molar-refractivity contribution >= 4 is 12.0 Å². The van der Waals surface area contributed by atoms with Crippen LogP contribution in [0, 0.1) is 0 Å². The molecule has 0 atom stereocenters. The van der Waals surface area contributed by atoms with Crippen LogP contribution in [0.3, 0.4) is 0 Å². The maximum atomic E-state index is 11.9. The molecule has 0 aliphatic rings. The topological polar surface area (TPSA) is 99.9 Å². The third-order valence-corrected chi connectivity index (χ3v) is 4.67. The minimum atomic E-state index is -0.578. The van der Waals surface area contributed by atoms with E-state index >= 15 is 0 Å². The number of alkyl carbamates (subject to hydrolysis) is 1. The largest absolute Gasteiger partial charge is 0.492 e. The van der Waals surface area contributed by atoms with Gasteiger partial charge in [-0.1, -0.05) is 48.5 Å². The van der Waals surface area contributed by atoms with Crippen LogP contribution in [0.2, 0.25) is 0 Å². The van der Waals surface area contributed by atoms with Gasteiger partial charge in [-0.25, -0.2) is 4.79 Å². The molecule has 34 heavy (non-hydrogen) atoms. The fraction of sp³-hybridized carbons (Fsp3) is 0.259. The van der Waals surface area contributed by atoms with Crippen LogP contribution >= 0.6 is 0 Å². The quantitative estimate of drug-likeness (QED) is 0.439. The van der Waals surface area contributed by atoms with Gasteiger partial charge in [0.05, 0.1) is 6.54 Å². The second-order valence-corrected chi connectivity index (χ2v) is 8.66. The molecule has 0 unspecified atom stereocenters. The van der Waals surface area contributed by atoms with Gasteiger partial charge in [0, 0.05) is 11.1 Å². The van der Waals surface area contributed by atoms with Crippen molar-refractivity contribution in [3.8, 4) is 22.6 Å². The average molecular weight is 463 g/mol. The number of nitrogens with two attached hydrogens (primary N) is 1. The zero-order chi connectivity index (χ0) is 24.6. The molecule has 0 bridgehead atoms. The number of nitrogens with one attached hydrogen (secondary N) is 1. The summed E-state index contributed by atoms with van der Waals surface area (Å²) in [7, 11) is 0. The summed E-state index contributed by atoms with van der Waals surface area (Å²) in [5.74, 6) is 0.557. The van der Waals surface area contributed by atoms with E-state index in [0.717, 1.165) is 16.7 Å². The van der Waals surface area contributed by atoms with Crippen molar-refractivity contribution in [3.05, 3.63) is 83.9 Å². The molecule has 0 aliphatic heterocycles. The lowest BCUT2D eigenvalue weighted by Gasteiger charge is -2.19. The molecular formula is C27H30N2O5. The molecule has 3 aromatic rings. The third-order valence-electron chi connectivity index (χ3n) is 4.67. The average Bonchev–Trinajstić information content (AvgIpc) is 2.80. The minimum absolute atomic E-state index is 0.188. The van der Waals surface area contributed by atoms with Crippen molar-refractivity contribution in [2.45, 2.75) is 33.0 Å². The first kappa shape index (κ1) is 24.6. The number of benzene rings is 3. The molecule has 0 saturated heterocycles. The first-order chi connectivity index (χ1) is 16.2. The van der Waals surface area contributed by atoms with E-state index in [1.165, 1.54) is 0 Å². The minimum Gasteiger partial charge on any atom is -0.492 e. The Balaban J connectivity index is 1.74. The molecule has 0 aliphatic carbocycles. The number of amides is 2. The summed E-state index contributed by atoms with van der Waals surface area (Å²) in [6, 6.07) is 22.5. The Morgan fingerprint density at radius 3 is 2.32 bits per heavy atom. The lowest BCUT2D eigenvalue weighted by Crippen LogP contribution is -2.34. The number of rotatable bonds is 9. The molecule has 7 nitrogen and oxygen atoms in total. The van der Waals surface area contributed by atoms with Gasteiger partial charge >= 0.3 is 6.09 Å². The third kappa shape index (κ3) is 7.55. The molecule has 2 amide bonds. The molecule has 3 aromatic carbocycles. The Kier molecular flexibility index (Phi) is 8.14. The van der Waals surface area contributed by atoms with Gasteiger partial charge in [-0.3, -0.25) is 4.79 Å². The smallest absolute Gasteiger partial charge is 0.407 e. The second kappa shape index (κ2) is 11.2. The van der Waals surface area contributed by atoms with E-state index in [0.29, 0.717) is 23.7 Å². The number of primary amides is 1. The summed E-state index contributed by atoms with van der Waals surface area (Å²) in [4.78, 5) is 23.7. The molecule has 3 N–H and O–H groups in total. The van der Waals surface area contributed by atoms with Crippen LogP contribution in [0.5, 0.6) is 11.5 Å². The number of para-hydroxylation sites is 1. The Bertz CT molecular complexity index is 1120. The van der Waals surface area contributed by atoms with E-state index < -0.39 is 17.6 Å². The van der Waals surface area contributed by atoms with Gasteiger partial charge in [0.2, 0.25) is 5.91 Å². The zero-order valence-electron chi connectivity index (χ0n) is 19.7. The molecule has 0 fully saturated rings. The summed E-state index contributed by atoms with van der Waals surface area (Å²) in [6.45, 7) is 6.21. The van der Waals surface area contributed by atoms with Gasteiger partial charge in [-0.15, -0.1) is 0 Å². The highest BCUT2D eigenvalue weighted by atomic mass is 16.6. The Hall–Kier alpha value is -4.00. The second-order valence-electron chi connectivity index (χ2n) is 8.66. The maximum Gasteiger partial charge on any atom is 0.407 e. The molecule has 0 spiro atoms. The number of carbonyl (C=O) groups excluding carboxylic acids is 2. The number of hydrogen-bond donors (Lipinski definition) is 2. The monoisotopic (exact) mass is 462 g/mol. The predicted molar refractivity (Wildman–Crippen MR) is 131 cm³/mol. The highest BCUT2D eigenvalue weighted by molar-refractivity contribution is 5.95. The fourth-order valence-corrected chi connectivity index (χ4v) is 3.18. The van der Waals surface area contributed by atoms with Gasteiger partial charge < -0.3 is 25.3 Å². The number of hydrogen-bond acceptors (Lipinski definition) is 5. The number of carbonyl (C=O) groups is 2. The van der Waals surface area contributed by atoms with E-state index in [1.807, 2.05) is 60.7 Å². The van der Waals surface area contributed by atoms with Gasteiger partial charge in [0.15, 0.2) is 0 Å². The maximum absolute atomic E-state index is 11.9. The molecule has 3 rings (SSSR count). The van der Waals surface area contributed by atoms with Crippen molar-refractivity contribution in [1.29, 1.82) is 0 Å². The molecule has 0 radical (unpaired) electrons. The standard InChI is InChI=1S/C27H30N2O5/c1-27(2,3)34-26(31)29-13-14-32-22-16-20(15-21(17-22)25(28)30)23-11-7-8-12-24(23)33-18-19-9-5-4-6-10-19/h4-12,15-17H,13-14,18H2,1-3H3,(H2,28,30)(H,29,31). The highest BCUT2D eigenvalue weighted by Gasteiger charge is 2.16. The molecule has 0 aromatic heterocycles. The van der Waals surface area contributed by atoms with E-state index in [1.54, 1.807) is 32.9 Å². The van der Waals surface area contributed by atoms with Crippen molar-refractivity contribution in [3.63, 3.8) is 0 Å². The van der Waals surface area contributed by atoms with E-state index in [2.05, 4.69) is 5.32 Å². The Labute approximate surface area is 199 Å². The summed E-state index contributed by atoms with van der Waals surface area (Å²) < 4.78 is 17.1. The molecule has 178 valence electrons. The SMILES string of the molecule is CC(C)(C)OC(=O)NCCOc1cc(C(N)=O)cc(-c2ccccc2OCc2ccccc2)c1. The zero-order valence-corrected chi connectivity index (χ0v) is 19.7. The van der Waals surface area contributed by atoms with Crippen LogP contribution < -0.4 is 20.5 Å². The molecule has 0 heterocycles. The lowest BCUT2D eigenvalue weighted by molar-refractivity contribution is 0.0520. The van der Waals surface area contributed by atoms with Crippen LogP contribution in [-0.4, -0.2) is 30.8 Å². The van der Waals surface area contributed by atoms with E-state index in [4.69, 9.17) is 19.9 Å². The molecular weight excluding hydrogens is 432 g/mol. The summed E-state index contributed by atoms with van der Waals surface area (Å²) in [5.41, 5.74) is 7.87. The van der Waals surface area contributed by atoms with Crippen LogP contribution in [0.4, 0.5) is 4.79 Å². The van der Waals surface area contributed by atoms with E-state index in [9.17, 15) is 9.59 Å². The summed E-state index contributed by atoms with van der Waals surface area (Å²) in [6.07, 6.45) is -0.521. The highest BCUT2D eigenvalue weighted by Crippen LogP contribution is 2.33. The van der Waals surface area contributed by atoms with Crippen LogP contribution in [0.25, 0.3) is 11.1 Å². The molecule has 0 saturated carbocycles. The molecule has 7 heteroatoms. The Morgan fingerprint density at radius 2 is 1.62 bits per heavy atom. The summed E-state index contributed by atoms with van der Waals surface area (Å²) >= 11 is 0. The number of ether oxygens (including phenoxy) is 3. The van der Waals surface area contributed by atoms with Crippen LogP contribution in [-0.2, 0) is 11.3 Å². The van der Waals surface area contributed by atoms with E-state index in [-0.39, 0.29) is 13.2 Å². The van der Waals surface area contributed by atoms with Gasteiger partial charge in [-0.2, -0.15) is 0 Å².